The fraction of sp³-hybridized carbons (Fsp3) is 0.250. The molecule has 1 aliphatic rings. The molecule has 0 bridgehead atoms. The minimum absolute atomic E-state index is 0.0801. The molecule has 0 spiro atoms. The zero-order chi connectivity index (χ0) is 16.2. The van der Waals surface area contributed by atoms with E-state index in [9.17, 15) is 9.59 Å². The van der Waals surface area contributed by atoms with E-state index in [4.69, 9.17) is 0 Å². The molecule has 2 aromatic heterocycles. The van der Waals surface area contributed by atoms with Gasteiger partial charge in [0.15, 0.2) is 0 Å². The highest BCUT2D eigenvalue weighted by Crippen LogP contribution is 2.37. The van der Waals surface area contributed by atoms with Gasteiger partial charge in [0, 0.05) is 25.9 Å². The fourth-order valence-corrected chi connectivity index (χ4v) is 3.52. The number of thioether (sulfide) groups is 1. The number of nitrogens with zero attached hydrogens (tertiary/aromatic N) is 3. The number of aromatic nitrogens is 2. The number of carbonyl (C=O) groups is 2. The molecule has 1 unspecified atom stereocenters. The van der Waals surface area contributed by atoms with Gasteiger partial charge in [0.1, 0.15) is 5.03 Å². The van der Waals surface area contributed by atoms with Gasteiger partial charge in [-0.1, -0.05) is 17.8 Å². The van der Waals surface area contributed by atoms with Crippen LogP contribution in [0.3, 0.4) is 0 Å². The predicted octanol–water partition coefficient (Wildman–Crippen LogP) is 1.62. The lowest BCUT2D eigenvalue weighted by atomic mass is 10.2. The molecular formula is C16H16N4O2S. The van der Waals surface area contributed by atoms with Crippen molar-refractivity contribution < 1.29 is 9.59 Å². The molecule has 6 nitrogen and oxygen atoms in total. The Kier molecular flexibility index (Phi) is 4.57. The molecule has 0 aliphatic carbocycles. The van der Waals surface area contributed by atoms with E-state index in [0.29, 0.717) is 6.54 Å². The molecule has 2 aromatic rings. The molecule has 0 fully saturated rings. The highest BCUT2D eigenvalue weighted by Gasteiger charge is 2.33. The van der Waals surface area contributed by atoms with Crippen LogP contribution in [0.2, 0.25) is 0 Å². The molecule has 1 aliphatic heterocycles. The maximum atomic E-state index is 12.4. The molecule has 118 valence electrons. The lowest BCUT2D eigenvalue weighted by molar-refractivity contribution is -0.124. The minimum Gasteiger partial charge on any atom is -0.350 e. The summed E-state index contributed by atoms with van der Waals surface area (Å²) in [7, 11) is 1.71. The number of hydrogen-bond acceptors (Lipinski definition) is 5. The molecular weight excluding hydrogens is 312 g/mol. The van der Waals surface area contributed by atoms with Crippen molar-refractivity contribution >= 4 is 29.3 Å². The largest absolute Gasteiger partial charge is 0.350 e. The number of nitrogens with one attached hydrogen (secondary N) is 1. The van der Waals surface area contributed by atoms with E-state index >= 15 is 0 Å². The first-order valence-electron chi connectivity index (χ1n) is 7.21. The summed E-state index contributed by atoms with van der Waals surface area (Å²) in [4.78, 5) is 34.5. The van der Waals surface area contributed by atoms with Crippen LogP contribution in [0.25, 0.3) is 0 Å². The Morgan fingerprint density at radius 2 is 2.09 bits per heavy atom. The van der Waals surface area contributed by atoms with Crippen molar-refractivity contribution in [1.29, 1.82) is 0 Å². The van der Waals surface area contributed by atoms with Gasteiger partial charge < -0.3 is 10.2 Å². The van der Waals surface area contributed by atoms with E-state index < -0.39 is 5.25 Å². The maximum absolute atomic E-state index is 12.4. The van der Waals surface area contributed by atoms with Crippen molar-refractivity contribution in [2.45, 2.75) is 23.2 Å². The van der Waals surface area contributed by atoms with Crippen LogP contribution in [-0.4, -0.2) is 34.1 Å². The van der Waals surface area contributed by atoms with Crippen LogP contribution in [-0.2, 0) is 16.1 Å². The number of pyridine rings is 2. The van der Waals surface area contributed by atoms with Gasteiger partial charge >= 0.3 is 0 Å². The maximum Gasteiger partial charge on any atom is 0.240 e. The van der Waals surface area contributed by atoms with Gasteiger partial charge in [0.2, 0.25) is 11.8 Å². The Morgan fingerprint density at radius 1 is 1.26 bits per heavy atom. The number of amides is 2. The normalized spacial score (nSPS) is 16.8. The number of hydrogen-bond donors (Lipinski definition) is 1. The van der Waals surface area contributed by atoms with Crippen molar-refractivity contribution in [3.63, 3.8) is 0 Å². The SMILES string of the molecule is CN1C(=O)C(CC(=O)NCc2ccccn2)Sc2ncccc21. The summed E-state index contributed by atoms with van der Waals surface area (Å²) in [6, 6.07) is 9.18. The van der Waals surface area contributed by atoms with Crippen LogP contribution in [0.1, 0.15) is 12.1 Å². The standard InChI is InChI=1S/C16H16N4O2S/c1-20-12-6-4-8-18-15(12)23-13(16(20)22)9-14(21)19-10-11-5-2-3-7-17-11/h2-8,13H,9-10H2,1H3,(H,19,21). The van der Waals surface area contributed by atoms with Gasteiger partial charge in [-0.05, 0) is 24.3 Å². The van der Waals surface area contributed by atoms with Gasteiger partial charge in [-0.2, -0.15) is 0 Å². The highest BCUT2D eigenvalue weighted by atomic mass is 32.2. The molecule has 0 saturated carbocycles. The Balaban J connectivity index is 1.62. The molecule has 0 radical (unpaired) electrons. The van der Waals surface area contributed by atoms with Crippen molar-refractivity contribution in [2.24, 2.45) is 0 Å². The minimum atomic E-state index is -0.453. The summed E-state index contributed by atoms with van der Waals surface area (Å²) >= 11 is 1.34. The monoisotopic (exact) mass is 328 g/mol. The van der Waals surface area contributed by atoms with Gasteiger partial charge in [-0.25, -0.2) is 4.98 Å². The van der Waals surface area contributed by atoms with E-state index in [1.165, 1.54) is 11.8 Å². The Morgan fingerprint density at radius 3 is 2.87 bits per heavy atom. The summed E-state index contributed by atoms with van der Waals surface area (Å²) in [6.07, 6.45) is 3.49. The molecule has 1 atom stereocenters. The van der Waals surface area contributed by atoms with Crippen LogP contribution in [0.15, 0.2) is 47.8 Å². The molecule has 1 N–H and O–H groups in total. The summed E-state index contributed by atoms with van der Waals surface area (Å²) in [5.74, 6) is -0.252. The quantitative estimate of drug-likeness (QED) is 0.923. The van der Waals surface area contributed by atoms with Crippen LogP contribution >= 0.6 is 11.8 Å². The van der Waals surface area contributed by atoms with Crippen molar-refractivity contribution in [1.82, 2.24) is 15.3 Å². The van der Waals surface area contributed by atoms with Gasteiger partial charge in [-0.3, -0.25) is 14.6 Å². The van der Waals surface area contributed by atoms with Gasteiger partial charge in [0.25, 0.3) is 0 Å². The Bertz CT molecular complexity index is 723. The predicted molar refractivity (Wildman–Crippen MR) is 88.0 cm³/mol. The number of carbonyl (C=O) groups excluding carboxylic acids is 2. The third-order valence-corrected chi connectivity index (χ3v) is 4.73. The second-order valence-electron chi connectivity index (χ2n) is 5.13. The average molecular weight is 328 g/mol. The van der Waals surface area contributed by atoms with Gasteiger partial charge in [0.05, 0.1) is 23.2 Å². The third-order valence-electron chi connectivity index (χ3n) is 3.54. The molecule has 23 heavy (non-hydrogen) atoms. The van der Waals surface area contributed by atoms with Crippen LogP contribution in [0, 0.1) is 0 Å². The summed E-state index contributed by atoms with van der Waals surface area (Å²) in [5, 5.41) is 3.12. The molecule has 2 amide bonds. The molecule has 3 rings (SSSR count). The molecule has 7 heteroatoms. The second-order valence-corrected chi connectivity index (χ2v) is 6.32. The number of fused-ring (bicyclic) bond motifs is 1. The zero-order valence-electron chi connectivity index (χ0n) is 12.6. The van der Waals surface area contributed by atoms with E-state index in [-0.39, 0.29) is 18.2 Å². The second kappa shape index (κ2) is 6.78. The first-order chi connectivity index (χ1) is 11.1. The lowest BCUT2D eigenvalue weighted by Gasteiger charge is -2.29. The third kappa shape index (κ3) is 3.50. The average Bonchev–Trinajstić information content (AvgIpc) is 2.58. The molecule has 0 saturated heterocycles. The smallest absolute Gasteiger partial charge is 0.240 e. The van der Waals surface area contributed by atoms with Crippen molar-refractivity contribution in [3.05, 3.63) is 48.4 Å². The summed E-state index contributed by atoms with van der Waals surface area (Å²) in [5.41, 5.74) is 1.57. The van der Waals surface area contributed by atoms with Crippen molar-refractivity contribution in [2.75, 3.05) is 11.9 Å². The molecule has 3 heterocycles. The first kappa shape index (κ1) is 15.5. The fourth-order valence-electron chi connectivity index (χ4n) is 2.31. The van der Waals surface area contributed by atoms with Crippen molar-refractivity contribution in [3.8, 4) is 0 Å². The zero-order valence-corrected chi connectivity index (χ0v) is 13.4. The van der Waals surface area contributed by atoms with E-state index in [1.54, 1.807) is 30.4 Å². The van der Waals surface area contributed by atoms with Crippen LogP contribution < -0.4 is 10.2 Å². The number of anilines is 1. The highest BCUT2D eigenvalue weighted by molar-refractivity contribution is 8.00. The van der Waals surface area contributed by atoms with E-state index in [1.807, 2.05) is 24.3 Å². The molecule has 0 aromatic carbocycles. The Labute approximate surface area is 138 Å². The van der Waals surface area contributed by atoms with Crippen LogP contribution in [0.5, 0.6) is 0 Å². The summed E-state index contributed by atoms with van der Waals surface area (Å²) < 4.78 is 0. The topological polar surface area (TPSA) is 75.2 Å². The first-order valence-corrected chi connectivity index (χ1v) is 8.09. The van der Waals surface area contributed by atoms with Gasteiger partial charge in [-0.15, -0.1) is 0 Å². The van der Waals surface area contributed by atoms with Crippen LogP contribution in [0.4, 0.5) is 5.69 Å². The summed E-state index contributed by atoms with van der Waals surface area (Å²) in [6.45, 7) is 0.357. The Hall–Kier alpha value is -2.41. The lowest BCUT2D eigenvalue weighted by Crippen LogP contribution is -2.41. The van der Waals surface area contributed by atoms with E-state index in [0.717, 1.165) is 16.4 Å². The van der Waals surface area contributed by atoms with E-state index in [2.05, 4.69) is 15.3 Å². The number of rotatable bonds is 4.